The van der Waals surface area contributed by atoms with Crippen LogP contribution >= 0.6 is 0 Å². The van der Waals surface area contributed by atoms with Gasteiger partial charge >= 0.3 is 0 Å². The Labute approximate surface area is 102 Å². The highest BCUT2D eigenvalue weighted by atomic mass is 16.5. The van der Waals surface area contributed by atoms with Crippen molar-refractivity contribution in [1.82, 2.24) is 4.90 Å². The zero-order valence-electron chi connectivity index (χ0n) is 10.3. The van der Waals surface area contributed by atoms with Crippen LogP contribution < -0.4 is 5.73 Å². The fourth-order valence-electron chi connectivity index (χ4n) is 2.74. The maximum absolute atomic E-state index is 12.4. The molecular weight excluding hydrogens is 220 g/mol. The molecule has 5 heteroatoms. The summed E-state index contributed by atoms with van der Waals surface area (Å²) in [5.74, 6) is 0.110. The Balaban J connectivity index is 2.01. The summed E-state index contributed by atoms with van der Waals surface area (Å²) in [6.45, 7) is 2.93. The molecule has 0 aromatic heterocycles. The lowest BCUT2D eigenvalue weighted by Crippen LogP contribution is -2.55. The van der Waals surface area contributed by atoms with Crippen LogP contribution in [-0.2, 0) is 9.53 Å². The molecule has 4 unspecified atom stereocenters. The lowest BCUT2D eigenvalue weighted by Gasteiger charge is -2.39. The average Bonchev–Trinajstić information content (AvgIpc) is 2.75. The van der Waals surface area contributed by atoms with Gasteiger partial charge in [0.25, 0.3) is 0 Å². The van der Waals surface area contributed by atoms with Crippen LogP contribution in [-0.4, -0.2) is 53.9 Å². The van der Waals surface area contributed by atoms with E-state index in [4.69, 9.17) is 15.6 Å². The SMILES string of the molecule is CC1COC(CO)CN1C(=O)C1CCCC1N. The summed E-state index contributed by atoms with van der Waals surface area (Å²) < 4.78 is 5.43. The molecule has 2 rings (SSSR count). The van der Waals surface area contributed by atoms with Crippen LogP contribution in [0.25, 0.3) is 0 Å². The highest BCUT2D eigenvalue weighted by Crippen LogP contribution is 2.27. The Morgan fingerprint density at radius 2 is 2.29 bits per heavy atom. The quantitative estimate of drug-likeness (QED) is 0.698. The second kappa shape index (κ2) is 5.33. The van der Waals surface area contributed by atoms with E-state index in [0.29, 0.717) is 13.2 Å². The summed E-state index contributed by atoms with van der Waals surface area (Å²) in [5, 5.41) is 9.11. The number of carbonyl (C=O) groups is 1. The zero-order chi connectivity index (χ0) is 12.4. The van der Waals surface area contributed by atoms with E-state index >= 15 is 0 Å². The molecule has 1 saturated carbocycles. The molecular formula is C12H22N2O3. The summed E-state index contributed by atoms with van der Waals surface area (Å²) in [7, 11) is 0. The molecule has 98 valence electrons. The Morgan fingerprint density at radius 1 is 1.53 bits per heavy atom. The van der Waals surface area contributed by atoms with Gasteiger partial charge in [-0.25, -0.2) is 0 Å². The molecule has 0 aromatic carbocycles. The molecule has 1 heterocycles. The number of aliphatic hydroxyl groups is 1. The molecule has 3 N–H and O–H groups in total. The number of hydrogen-bond donors (Lipinski definition) is 2. The lowest BCUT2D eigenvalue weighted by atomic mass is 10.0. The van der Waals surface area contributed by atoms with Gasteiger partial charge in [-0.3, -0.25) is 4.79 Å². The van der Waals surface area contributed by atoms with Crippen LogP contribution in [0.5, 0.6) is 0 Å². The van der Waals surface area contributed by atoms with Crippen molar-refractivity contribution in [3.8, 4) is 0 Å². The number of rotatable bonds is 2. The van der Waals surface area contributed by atoms with Crippen molar-refractivity contribution in [2.24, 2.45) is 11.7 Å². The van der Waals surface area contributed by atoms with Crippen LogP contribution in [0.1, 0.15) is 26.2 Å². The van der Waals surface area contributed by atoms with E-state index in [1.165, 1.54) is 0 Å². The monoisotopic (exact) mass is 242 g/mol. The standard InChI is InChI=1S/C12H22N2O3/c1-8-7-17-9(6-15)5-14(8)12(16)10-3-2-4-11(10)13/h8-11,15H,2-7,13H2,1H3. The molecule has 5 nitrogen and oxygen atoms in total. The van der Waals surface area contributed by atoms with Crippen molar-refractivity contribution in [3.63, 3.8) is 0 Å². The molecule has 1 aliphatic carbocycles. The van der Waals surface area contributed by atoms with Crippen LogP contribution in [0.15, 0.2) is 0 Å². The number of carbonyl (C=O) groups excluding carboxylic acids is 1. The highest BCUT2D eigenvalue weighted by molar-refractivity contribution is 5.80. The second-order valence-electron chi connectivity index (χ2n) is 5.18. The minimum absolute atomic E-state index is 0.00474. The Bertz CT molecular complexity index is 285. The first-order valence-corrected chi connectivity index (χ1v) is 6.42. The minimum atomic E-state index is -0.243. The molecule has 1 amide bonds. The fourth-order valence-corrected chi connectivity index (χ4v) is 2.74. The maximum Gasteiger partial charge on any atom is 0.227 e. The Hall–Kier alpha value is -0.650. The molecule has 0 aromatic rings. The van der Waals surface area contributed by atoms with E-state index in [-0.39, 0.29) is 36.6 Å². The van der Waals surface area contributed by atoms with Gasteiger partial charge in [0.1, 0.15) is 0 Å². The fraction of sp³-hybridized carbons (Fsp3) is 0.917. The third-order valence-corrected chi connectivity index (χ3v) is 3.88. The molecule has 0 spiro atoms. The number of amides is 1. The van der Waals surface area contributed by atoms with Crippen LogP contribution in [0.4, 0.5) is 0 Å². The third-order valence-electron chi connectivity index (χ3n) is 3.88. The van der Waals surface area contributed by atoms with Crippen molar-refractivity contribution >= 4 is 5.91 Å². The predicted octanol–water partition coefficient (Wildman–Crippen LogP) is -0.278. The van der Waals surface area contributed by atoms with Crippen LogP contribution in [0, 0.1) is 5.92 Å². The molecule has 0 bridgehead atoms. The van der Waals surface area contributed by atoms with Crippen molar-refractivity contribution in [1.29, 1.82) is 0 Å². The summed E-state index contributed by atoms with van der Waals surface area (Å²) >= 11 is 0. The Morgan fingerprint density at radius 3 is 2.88 bits per heavy atom. The number of hydrogen-bond acceptors (Lipinski definition) is 4. The number of morpholine rings is 1. The number of nitrogens with two attached hydrogens (primary N) is 1. The molecule has 2 aliphatic rings. The Kier molecular flexibility index (Phi) is 4.01. The smallest absolute Gasteiger partial charge is 0.227 e. The predicted molar refractivity (Wildman–Crippen MR) is 63.3 cm³/mol. The van der Waals surface area contributed by atoms with E-state index in [0.717, 1.165) is 19.3 Å². The first-order chi connectivity index (χ1) is 8.13. The van der Waals surface area contributed by atoms with E-state index in [1.54, 1.807) is 0 Å². The van der Waals surface area contributed by atoms with Crippen molar-refractivity contribution in [2.75, 3.05) is 19.8 Å². The molecule has 0 radical (unpaired) electrons. The molecule has 1 aliphatic heterocycles. The number of aliphatic hydroxyl groups excluding tert-OH is 1. The summed E-state index contributed by atoms with van der Waals surface area (Å²) in [6.07, 6.45) is 2.64. The van der Waals surface area contributed by atoms with Gasteiger partial charge < -0.3 is 20.5 Å². The first kappa shape index (κ1) is 12.8. The van der Waals surface area contributed by atoms with E-state index in [2.05, 4.69) is 0 Å². The average molecular weight is 242 g/mol. The maximum atomic E-state index is 12.4. The highest BCUT2D eigenvalue weighted by Gasteiger charge is 2.37. The van der Waals surface area contributed by atoms with Gasteiger partial charge in [0.15, 0.2) is 0 Å². The normalized spacial score (nSPS) is 38.4. The van der Waals surface area contributed by atoms with Gasteiger partial charge in [-0.1, -0.05) is 6.42 Å². The van der Waals surface area contributed by atoms with Gasteiger partial charge in [0, 0.05) is 12.6 Å². The minimum Gasteiger partial charge on any atom is -0.394 e. The number of nitrogens with zero attached hydrogens (tertiary/aromatic N) is 1. The van der Waals surface area contributed by atoms with Crippen LogP contribution in [0.2, 0.25) is 0 Å². The summed E-state index contributed by atoms with van der Waals surface area (Å²) in [6, 6.07) is 0.0863. The van der Waals surface area contributed by atoms with E-state index < -0.39 is 0 Å². The zero-order valence-corrected chi connectivity index (χ0v) is 10.3. The largest absolute Gasteiger partial charge is 0.394 e. The first-order valence-electron chi connectivity index (χ1n) is 6.42. The molecule has 4 atom stereocenters. The van der Waals surface area contributed by atoms with E-state index in [1.807, 2.05) is 11.8 Å². The van der Waals surface area contributed by atoms with Crippen LogP contribution in [0.3, 0.4) is 0 Å². The third kappa shape index (κ3) is 2.61. The van der Waals surface area contributed by atoms with Crippen molar-refractivity contribution in [3.05, 3.63) is 0 Å². The summed E-state index contributed by atoms with van der Waals surface area (Å²) in [4.78, 5) is 14.2. The number of ether oxygens (including phenoxy) is 1. The van der Waals surface area contributed by atoms with Gasteiger partial charge in [0.2, 0.25) is 5.91 Å². The van der Waals surface area contributed by atoms with E-state index in [9.17, 15) is 4.79 Å². The molecule has 17 heavy (non-hydrogen) atoms. The second-order valence-corrected chi connectivity index (χ2v) is 5.18. The summed E-state index contributed by atoms with van der Waals surface area (Å²) in [5.41, 5.74) is 5.97. The van der Waals surface area contributed by atoms with Gasteiger partial charge in [-0.2, -0.15) is 0 Å². The van der Waals surface area contributed by atoms with Crippen molar-refractivity contribution < 1.29 is 14.6 Å². The molecule has 2 fully saturated rings. The lowest BCUT2D eigenvalue weighted by molar-refractivity contribution is -0.150. The van der Waals surface area contributed by atoms with Crippen molar-refractivity contribution in [2.45, 2.75) is 44.4 Å². The van der Waals surface area contributed by atoms with Gasteiger partial charge in [0.05, 0.1) is 31.3 Å². The molecule has 1 saturated heterocycles. The topological polar surface area (TPSA) is 75.8 Å². The van der Waals surface area contributed by atoms with Gasteiger partial charge in [-0.05, 0) is 19.8 Å². The van der Waals surface area contributed by atoms with Gasteiger partial charge in [-0.15, -0.1) is 0 Å².